The molecule has 5 nitrogen and oxygen atoms in total. The van der Waals surface area contributed by atoms with Crippen molar-refractivity contribution in [2.45, 2.75) is 37.3 Å². The van der Waals surface area contributed by atoms with Crippen LogP contribution in [0.15, 0.2) is 23.1 Å². The first kappa shape index (κ1) is 14.3. The van der Waals surface area contributed by atoms with Crippen LogP contribution in [0.25, 0.3) is 0 Å². The molecule has 0 aromatic heterocycles. The molecule has 1 fully saturated rings. The highest BCUT2D eigenvalue weighted by atomic mass is 32.2. The Morgan fingerprint density at radius 1 is 1.47 bits per heavy atom. The summed E-state index contributed by atoms with van der Waals surface area (Å²) in [6.07, 6.45) is 2.15. The maximum absolute atomic E-state index is 12.3. The average Bonchev–Trinajstić information content (AvgIpc) is 3.21. The molecule has 0 aliphatic heterocycles. The van der Waals surface area contributed by atoms with Crippen molar-refractivity contribution in [2.24, 2.45) is 5.92 Å². The molecular formula is C13H19NO4S. The second-order valence-electron chi connectivity index (χ2n) is 4.89. The van der Waals surface area contributed by atoms with Crippen LogP contribution in [0.2, 0.25) is 0 Å². The maximum atomic E-state index is 12.3. The van der Waals surface area contributed by atoms with Crippen LogP contribution >= 0.6 is 0 Å². The fourth-order valence-electron chi connectivity index (χ4n) is 2.03. The number of methoxy groups -OCH3 is 1. The molecule has 1 atom stereocenters. The normalized spacial score (nSPS) is 17.2. The minimum Gasteiger partial charge on any atom is -0.495 e. The molecule has 0 saturated heterocycles. The van der Waals surface area contributed by atoms with E-state index >= 15 is 0 Å². The summed E-state index contributed by atoms with van der Waals surface area (Å²) in [7, 11) is -2.17. The topological polar surface area (TPSA) is 75.6 Å². The lowest BCUT2D eigenvalue weighted by atomic mass is 10.2. The number of nitrogens with one attached hydrogen (secondary N) is 1. The summed E-state index contributed by atoms with van der Waals surface area (Å²) >= 11 is 0. The van der Waals surface area contributed by atoms with Crippen LogP contribution in [0.4, 0.5) is 0 Å². The first-order valence-electron chi connectivity index (χ1n) is 6.28. The van der Waals surface area contributed by atoms with Gasteiger partial charge in [-0.05, 0) is 43.4 Å². The minimum absolute atomic E-state index is 0.0628. The van der Waals surface area contributed by atoms with E-state index in [9.17, 15) is 8.42 Å². The lowest BCUT2D eigenvalue weighted by Gasteiger charge is -2.15. The zero-order chi connectivity index (χ0) is 14.0. The Hall–Kier alpha value is -1.11. The fraction of sp³-hybridized carbons (Fsp3) is 0.538. The van der Waals surface area contributed by atoms with Gasteiger partial charge in [0.1, 0.15) is 10.6 Å². The van der Waals surface area contributed by atoms with E-state index in [-0.39, 0.29) is 23.3 Å². The number of rotatable bonds is 6. The van der Waals surface area contributed by atoms with Gasteiger partial charge < -0.3 is 9.84 Å². The van der Waals surface area contributed by atoms with Gasteiger partial charge >= 0.3 is 0 Å². The van der Waals surface area contributed by atoms with Crippen LogP contribution in [-0.2, 0) is 16.6 Å². The zero-order valence-electron chi connectivity index (χ0n) is 11.1. The molecule has 2 rings (SSSR count). The molecule has 106 valence electrons. The third-order valence-corrected chi connectivity index (χ3v) is 4.97. The van der Waals surface area contributed by atoms with Crippen LogP contribution in [-0.4, -0.2) is 26.7 Å². The van der Waals surface area contributed by atoms with Gasteiger partial charge in [0.25, 0.3) is 0 Å². The second kappa shape index (κ2) is 5.48. The predicted octanol–water partition coefficient (Wildman–Crippen LogP) is 1.26. The van der Waals surface area contributed by atoms with E-state index in [0.717, 1.165) is 12.8 Å². The number of sulfonamides is 1. The number of hydrogen-bond donors (Lipinski definition) is 2. The number of hydrogen-bond acceptors (Lipinski definition) is 4. The van der Waals surface area contributed by atoms with Crippen molar-refractivity contribution in [1.82, 2.24) is 4.72 Å². The van der Waals surface area contributed by atoms with Crippen molar-refractivity contribution in [2.75, 3.05) is 7.11 Å². The fourth-order valence-corrected chi connectivity index (χ4v) is 3.50. The highest BCUT2D eigenvalue weighted by molar-refractivity contribution is 7.89. The van der Waals surface area contributed by atoms with Crippen molar-refractivity contribution in [3.63, 3.8) is 0 Å². The predicted molar refractivity (Wildman–Crippen MR) is 71.4 cm³/mol. The number of benzene rings is 1. The van der Waals surface area contributed by atoms with E-state index in [0.29, 0.717) is 11.5 Å². The van der Waals surface area contributed by atoms with Gasteiger partial charge in [-0.2, -0.15) is 0 Å². The number of aliphatic hydroxyl groups excluding tert-OH is 1. The van der Waals surface area contributed by atoms with Crippen molar-refractivity contribution in [1.29, 1.82) is 0 Å². The van der Waals surface area contributed by atoms with Crippen LogP contribution in [0.5, 0.6) is 5.75 Å². The largest absolute Gasteiger partial charge is 0.495 e. The van der Waals surface area contributed by atoms with Gasteiger partial charge in [-0.15, -0.1) is 0 Å². The summed E-state index contributed by atoms with van der Waals surface area (Å²) in [4.78, 5) is 0.111. The molecule has 19 heavy (non-hydrogen) atoms. The summed E-state index contributed by atoms with van der Waals surface area (Å²) in [5.74, 6) is 0.694. The maximum Gasteiger partial charge on any atom is 0.244 e. The zero-order valence-corrected chi connectivity index (χ0v) is 11.9. The quantitative estimate of drug-likeness (QED) is 0.825. The van der Waals surface area contributed by atoms with Crippen molar-refractivity contribution < 1.29 is 18.3 Å². The highest BCUT2D eigenvalue weighted by Crippen LogP contribution is 2.33. The number of aliphatic hydroxyl groups is 1. The van der Waals surface area contributed by atoms with Gasteiger partial charge in [-0.1, -0.05) is 6.07 Å². The standard InChI is InChI=1S/C13H19NO4S/c1-9(11-4-5-11)14-19(16,17)13-6-3-10(8-15)7-12(13)18-2/h3,6-7,9,11,14-15H,4-5,8H2,1-2H3. The highest BCUT2D eigenvalue weighted by Gasteiger charge is 2.32. The first-order chi connectivity index (χ1) is 8.97. The molecule has 1 saturated carbocycles. The lowest BCUT2D eigenvalue weighted by Crippen LogP contribution is -2.34. The Bertz CT molecular complexity index is 552. The Morgan fingerprint density at radius 2 is 2.16 bits per heavy atom. The molecule has 0 heterocycles. The van der Waals surface area contributed by atoms with E-state index in [2.05, 4.69) is 4.72 Å². The summed E-state index contributed by atoms with van der Waals surface area (Å²) in [5, 5.41) is 9.06. The van der Waals surface area contributed by atoms with Gasteiger partial charge in [0, 0.05) is 6.04 Å². The van der Waals surface area contributed by atoms with E-state index in [4.69, 9.17) is 9.84 Å². The lowest BCUT2D eigenvalue weighted by molar-refractivity contribution is 0.280. The summed E-state index contributed by atoms with van der Waals surface area (Å²) < 4.78 is 32.4. The second-order valence-corrected chi connectivity index (χ2v) is 6.57. The van der Waals surface area contributed by atoms with E-state index in [1.165, 1.54) is 19.2 Å². The summed E-state index contributed by atoms with van der Waals surface area (Å²) in [5.41, 5.74) is 0.617. The van der Waals surface area contributed by atoms with Crippen LogP contribution in [0.3, 0.4) is 0 Å². The van der Waals surface area contributed by atoms with E-state index in [1.54, 1.807) is 6.07 Å². The SMILES string of the molecule is COc1cc(CO)ccc1S(=O)(=O)NC(C)C1CC1. The number of ether oxygens (including phenoxy) is 1. The minimum atomic E-state index is -3.59. The molecular weight excluding hydrogens is 266 g/mol. The Balaban J connectivity index is 2.28. The average molecular weight is 285 g/mol. The van der Waals surface area contributed by atoms with Crippen molar-refractivity contribution in [3.8, 4) is 5.75 Å². The molecule has 1 unspecified atom stereocenters. The molecule has 1 aliphatic rings. The van der Waals surface area contributed by atoms with Gasteiger partial charge in [0.2, 0.25) is 10.0 Å². The van der Waals surface area contributed by atoms with Gasteiger partial charge in [-0.25, -0.2) is 13.1 Å². The van der Waals surface area contributed by atoms with Gasteiger partial charge in [0.15, 0.2) is 0 Å². The molecule has 1 aromatic carbocycles. The smallest absolute Gasteiger partial charge is 0.244 e. The Morgan fingerprint density at radius 3 is 2.68 bits per heavy atom. The third kappa shape index (κ3) is 3.26. The molecule has 6 heteroatoms. The monoisotopic (exact) mass is 285 g/mol. The molecule has 1 aromatic rings. The van der Waals surface area contributed by atoms with E-state index < -0.39 is 10.0 Å². The van der Waals surface area contributed by atoms with Crippen LogP contribution in [0.1, 0.15) is 25.3 Å². The van der Waals surface area contributed by atoms with Gasteiger partial charge in [0.05, 0.1) is 13.7 Å². The van der Waals surface area contributed by atoms with Gasteiger partial charge in [-0.3, -0.25) is 0 Å². The molecule has 0 radical (unpaired) electrons. The first-order valence-corrected chi connectivity index (χ1v) is 7.76. The summed E-state index contributed by atoms with van der Waals surface area (Å²) in [6.45, 7) is 1.73. The molecule has 0 spiro atoms. The molecule has 2 N–H and O–H groups in total. The molecule has 0 amide bonds. The van der Waals surface area contributed by atoms with Crippen LogP contribution in [0, 0.1) is 5.92 Å². The molecule has 0 bridgehead atoms. The van der Waals surface area contributed by atoms with Crippen molar-refractivity contribution >= 4 is 10.0 Å². The Kier molecular flexibility index (Phi) is 4.13. The summed E-state index contributed by atoms with van der Waals surface area (Å²) in [6, 6.07) is 4.52. The third-order valence-electron chi connectivity index (χ3n) is 3.37. The van der Waals surface area contributed by atoms with Crippen LogP contribution < -0.4 is 9.46 Å². The van der Waals surface area contributed by atoms with Crippen molar-refractivity contribution in [3.05, 3.63) is 23.8 Å². The van der Waals surface area contributed by atoms with E-state index in [1.807, 2.05) is 6.92 Å². The molecule has 1 aliphatic carbocycles. The Labute approximate surface area is 113 Å².